The largest absolute Gasteiger partial charge is 0.496 e. The molecule has 0 saturated carbocycles. The smallest absolute Gasteiger partial charge is 0.226 e. The van der Waals surface area contributed by atoms with E-state index in [0.717, 1.165) is 43.9 Å². The average Bonchev–Trinajstić information content (AvgIpc) is 3.31. The van der Waals surface area contributed by atoms with Crippen LogP contribution >= 0.6 is 15.9 Å². The highest BCUT2D eigenvalue weighted by atomic mass is 79.9. The third-order valence-corrected chi connectivity index (χ3v) is 6.81. The number of ether oxygens (including phenoxy) is 2. The number of hydrogen-bond acceptors (Lipinski definition) is 5. The van der Waals surface area contributed by atoms with Gasteiger partial charge < -0.3 is 14.8 Å². The van der Waals surface area contributed by atoms with Crippen molar-refractivity contribution in [3.63, 3.8) is 0 Å². The Labute approximate surface area is 200 Å². The topological polar surface area (TPSA) is 61.2 Å². The molecule has 1 aromatic heterocycles. The molecule has 3 aromatic carbocycles. The first-order valence-electron chi connectivity index (χ1n) is 10.7. The molecule has 1 N–H and O–H groups in total. The molecule has 0 saturated heterocycles. The van der Waals surface area contributed by atoms with Gasteiger partial charge in [0.25, 0.3) is 0 Å². The molecule has 2 aliphatic rings. The van der Waals surface area contributed by atoms with Gasteiger partial charge in [0.2, 0.25) is 5.95 Å². The number of aryl methyl sites for hydroxylation is 1. The molecular weight excluding hydrogens is 480 g/mol. The summed E-state index contributed by atoms with van der Waals surface area (Å²) in [6.07, 6.45) is 1.30. The number of para-hydroxylation sites is 1. The molecule has 0 spiro atoms. The molecule has 3 heterocycles. The monoisotopic (exact) mass is 500 g/mol. The van der Waals surface area contributed by atoms with Crippen LogP contribution in [-0.2, 0) is 0 Å². The number of fused-ring (bicyclic) bond motifs is 3. The van der Waals surface area contributed by atoms with Crippen LogP contribution in [0.25, 0.3) is 5.70 Å². The predicted molar refractivity (Wildman–Crippen MR) is 130 cm³/mol. The number of methoxy groups -OCH3 is 1. The van der Waals surface area contributed by atoms with Crippen molar-refractivity contribution in [2.24, 2.45) is 0 Å². The summed E-state index contributed by atoms with van der Waals surface area (Å²) in [7, 11) is 1.67. The van der Waals surface area contributed by atoms with Crippen LogP contribution in [0.3, 0.4) is 0 Å². The Morgan fingerprint density at radius 3 is 2.61 bits per heavy atom. The van der Waals surface area contributed by atoms with E-state index in [1.54, 1.807) is 13.4 Å². The van der Waals surface area contributed by atoms with Gasteiger partial charge in [0.05, 0.1) is 17.3 Å². The molecule has 2 aliphatic heterocycles. The predicted octanol–water partition coefficient (Wildman–Crippen LogP) is 5.92. The summed E-state index contributed by atoms with van der Waals surface area (Å²) in [6, 6.07) is 22.5. The van der Waals surface area contributed by atoms with Crippen molar-refractivity contribution in [2.45, 2.75) is 19.1 Å². The highest BCUT2D eigenvalue weighted by molar-refractivity contribution is 9.10. The summed E-state index contributed by atoms with van der Waals surface area (Å²) >= 11 is 3.65. The minimum Gasteiger partial charge on any atom is -0.496 e. The van der Waals surface area contributed by atoms with E-state index in [1.807, 2.05) is 28.9 Å². The van der Waals surface area contributed by atoms with Crippen LogP contribution in [0.2, 0.25) is 0 Å². The zero-order valence-electron chi connectivity index (χ0n) is 18.1. The van der Waals surface area contributed by atoms with Crippen LogP contribution in [0, 0.1) is 6.92 Å². The third kappa shape index (κ3) is 3.23. The molecule has 7 heteroatoms. The lowest BCUT2D eigenvalue weighted by atomic mass is 9.84. The van der Waals surface area contributed by atoms with E-state index >= 15 is 0 Å². The van der Waals surface area contributed by atoms with Gasteiger partial charge in [0.1, 0.15) is 30.0 Å². The second kappa shape index (κ2) is 7.78. The Kier molecular flexibility index (Phi) is 4.73. The lowest BCUT2D eigenvalue weighted by molar-refractivity contribution is 0.223. The number of halogens is 1. The molecule has 0 amide bonds. The van der Waals surface area contributed by atoms with Crippen LogP contribution in [0.5, 0.6) is 11.5 Å². The normalized spacial score (nSPS) is 18.5. The van der Waals surface area contributed by atoms with Crippen LogP contribution in [0.15, 0.2) is 83.1 Å². The van der Waals surface area contributed by atoms with E-state index in [1.165, 1.54) is 5.56 Å². The van der Waals surface area contributed by atoms with E-state index < -0.39 is 0 Å². The SMILES string of the molecule is COc1ccc([C@@H]2C3=C(Nc4ncnn42)c2ccccc2O[C@@H]3c2ccc(C)cc2)cc1Br. The molecule has 33 heavy (non-hydrogen) atoms. The van der Waals surface area contributed by atoms with Crippen LogP contribution < -0.4 is 14.8 Å². The standard InChI is InChI=1S/C26H21BrN4O2/c1-15-7-9-16(10-8-15)25-22-23(18-5-3-4-6-20(18)33-25)30-26-28-14-29-31(26)24(22)17-11-12-21(32-2)19(27)13-17/h3-14,24-25H,1-2H3,(H,28,29,30)/t24-,25-/m1/s1. The van der Waals surface area contributed by atoms with E-state index in [9.17, 15) is 0 Å². The molecular formula is C26H21BrN4O2. The van der Waals surface area contributed by atoms with Crippen molar-refractivity contribution in [3.8, 4) is 11.5 Å². The van der Waals surface area contributed by atoms with Crippen LogP contribution in [0.4, 0.5) is 5.95 Å². The first-order chi connectivity index (χ1) is 16.1. The summed E-state index contributed by atoms with van der Waals surface area (Å²) in [5.74, 6) is 2.32. The van der Waals surface area contributed by atoms with Crippen molar-refractivity contribution in [3.05, 3.63) is 105 Å². The summed E-state index contributed by atoms with van der Waals surface area (Å²) in [5.41, 5.74) is 6.48. The van der Waals surface area contributed by atoms with E-state index in [4.69, 9.17) is 9.47 Å². The van der Waals surface area contributed by atoms with Gasteiger partial charge in [-0.3, -0.25) is 0 Å². The van der Waals surface area contributed by atoms with E-state index in [2.05, 4.69) is 80.7 Å². The maximum absolute atomic E-state index is 6.65. The summed E-state index contributed by atoms with van der Waals surface area (Å²) in [5, 5.41) is 8.12. The van der Waals surface area contributed by atoms with Crippen molar-refractivity contribution >= 4 is 27.6 Å². The molecule has 0 radical (unpaired) electrons. The molecule has 0 bridgehead atoms. The van der Waals surface area contributed by atoms with E-state index in [0.29, 0.717) is 5.95 Å². The van der Waals surface area contributed by atoms with Gasteiger partial charge in [-0.15, -0.1) is 0 Å². The number of nitrogens with zero attached hydrogens (tertiary/aromatic N) is 3. The van der Waals surface area contributed by atoms with Crippen molar-refractivity contribution < 1.29 is 9.47 Å². The molecule has 164 valence electrons. The van der Waals surface area contributed by atoms with E-state index in [-0.39, 0.29) is 12.1 Å². The summed E-state index contributed by atoms with van der Waals surface area (Å²) in [4.78, 5) is 4.49. The fourth-order valence-electron chi connectivity index (χ4n) is 4.61. The maximum atomic E-state index is 6.65. The maximum Gasteiger partial charge on any atom is 0.226 e. The first kappa shape index (κ1) is 20.1. The molecule has 0 unspecified atom stereocenters. The Morgan fingerprint density at radius 2 is 1.82 bits per heavy atom. The van der Waals surface area contributed by atoms with Gasteiger partial charge in [-0.2, -0.15) is 10.1 Å². The fourth-order valence-corrected chi connectivity index (χ4v) is 5.17. The molecule has 0 aliphatic carbocycles. The fraction of sp³-hybridized carbons (Fsp3) is 0.154. The quantitative estimate of drug-likeness (QED) is 0.378. The Balaban J connectivity index is 1.61. The first-order valence-corrected chi connectivity index (χ1v) is 11.5. The minimum absolute atomic E-state index is 0.208. The second-order valence-corrected chi connectivity index (χ2v) is 9.04. The zero-order valence-corrected chi connectivity index (χ0v) is 19.7. The Hall–Kier alpha value is -3.58. The highest BCUT2D eigenvalue weighted by Gasteiger charge is 2.41. The number of rotatable bonds is 3. The van der Waals surface area contributed by atoms with Gasteiger partial charge in [0.15, 0.2) is 0 Å². The van der Waals surface area contributed by atoms with Gasteiger partial charge in [-0.1, -0.05) is 48.0 Å². The Bertz CT molecular complexity index is 1390. The molecule has 6 nitrogen and oxygen atoms in total. The molecule has 6 rings (SSSR count). The highest BCUT2D eigenvalue weighted by Crippen LogP contribution is 2.51. The second-order valence-electron chi connectivity index (χ2n) is 8.18. The number of hydrogen-bond donors (Lipinski definition) is 1. The van der Waals surface area contributed by atoms with Gasteiger partial charge in [-0.05, 0) is 58.2 Å². The van der Waals surface area contributed by atoms with Crippen LogP contribution in [0.1, 0.15) is 34.4 Å². The Morgan fingerprint density at radius 1 is 1.03 bits per heavy atom. The average molecular weight is 501 g/mol. The van der Waals surface area contributed by atoms with Crippen molar-refractivity contribution in [1.29, 1.82) is 0 Å². The summed E-state index contributed by atoms with van der Waals surface area (Å²) < 4.78 is 14.9. The number of nitrogens with one attached hydrogen (secondary N) is 1. The van der Waals surface area contributed by atoms with Crippen molar-refractivity contribution in [1.82, 2.24) is 14.8 Å². The molecule has 0 fully saturated rings. The number of aromatic nitrogens is 3. The number of benzene rings is 3. The minimum atomic E-state index is -0.286. The van der Waals surface area contributed by atoms with Crippen molar-refractivity contribution in [2.75, 3.05) is 12.4 Å². The van der Waals surface area contributed by atoms with Crippen LogP contribution in [-0.4, -0.2) is 21.9 Å². The van der Waals surface area contributed by atoms with Gasteiger partial charge in [0, 0.05) is 11.1 Å². The zero-order chi connectivity index (χ0) is 22.5. The number of anilines is 1. The lowest BCUT2D eigenvalue weighted by Crippen LogP contribution is -2.32. The van der Waals surface area contributed by atoms with Gasteiger partial charge >= 0.3 is 0 Å². The summed E-state index contributed by atoms with van der Waals surface area (Å²) in [6.45, 7) is 2.09. The van der Waals surface area contributed by atoms with Gasteiger partial charge in [-0.25, -0.2) is 4.68 Å². The third-order valence-electron chi connectivity index (χ3n) is 6.19. The lowest BCUT2D eigenvalue weighted by Gasteiger charge is -2.39. The molecule has 2 atom stereocenters. The molecule has 4 aromatic rings.